The summed E-state index contributed by atoms with van der Waals surface area (Å²) in [7, 11) is 0. The van der Waals surface area contributed by atoms with Crippen molar-refractivity contribution in [2.75, 3.05) is 19.7 Å². The summed E-state index contributed by atoms with van der Waals surface area (Å²) in [5, 5.41) is 5.74. The van der Waals surface area contributed by atoms with E-state index < -0.39 is 6.09 Å². The van der Waals surface area contributed by atoms with E-state index in [9.17, 15) is 9.59 Å². The highest BCUT2D eigenvalue weighted by Gasteiger charge is 2.54. The quantitative estimate of drug-likeness (QED) is 0.739. The van der Waals surface area contributed by atoms with Gasteiger partial charge in [-0.05, 0) is 62.2 Å². The molecule has 4 rings (SSSR count). The summed E-state index contributed by atoms with van der Waals surface area (Å²) in [6.07, 6.45) is 6.86. The second kappa shape index (κ2) is 6.70. The fourth-order valence-corrected chi connectivity index (χ4v) is 5.21. The maximum atomic E-state index is 12.7. The number of amides is 2. The number of carbonyl (C=O) groups is 2. The fourth-order valence-electron chi connectivity index (χ4n) is 5.21. The molecule has 4 saturated carbocycles. The van der Waals surface area contributed by atoms with E-state index in [1.807, 2.05) is 13.8 Å². The summed E-state index contributed by atoms with van der Waals surface area (Å²) >= 11 is 0. The summed E-state index contributed by atoms with van der Waals surface area (Å²) in [5.74, 6) is 2.87. The summed E-state index contributed by atoms with van der Waals surface area (Å²) in [5.41, 5.74) is -0.104. The number of carbonyl (C=O) groups excluding carboxylic acids is 2. The van der Waals surface area contributed by atoms with Crippen molar-refractivity contribution in [3.05, 3.63) is 0 Å². The van der Waals surface area contributed by atoms with Crippen LogP contribution in [0.2, 0.25) is 0 Å². The lowest BCUT2D eigenvalue weighted by Crippen LogP contribution is -2.54. The first-order valence-corrected chi connectivity index (χ1v) is 9.16. The van der Waals surface area contributed by atoms with Gasteiger partial charge in [0.2, 0.25) is 5.91 Å². The SMILES string of the molecule is CC(C)COC(=O)NCCNC(=O)C12CC3CC(CC(C3)C1)C2. The summed E-state index contributed by atoms with van der Waals surface area (Å²) < 4.78 is 5.05. The van der Waals surface area contributed by atoms with Crippen molar-refractivity contribution in [2.24, 2.45) is 29.1 Å². The van der Waals surface area contributed by atoms with Crippen LogP contribution in [0.15, 0.2) is 0 Å². The summed E-state index contributed by atoms with van der Waals surface area (Å²) in [6, 6.07) is 0. The smallest absolute Gasteiger partial charge is 0.407 e. The molecule has 0 aromatic carbocycles. The number of hydrogen-bond donors (Lipinski definition) is 2. The van der Waals surface area contributed by atoms with Gasteiger partial charge in [0.15, 0.2) is 0 Å². The molecule has 23 heavy (non-hydrogen) atoms. The zero-order valence-corrected chi connectivity index (χ0v) is 14.4. The molecule has 0 heterocycles. The van der Waals surface area contributed by atoms with E-state index in [-0.39, 0.29) is 11.3 Å². The fraction of sp³-hybridized carbons (Fsp3) is 0.889. The van der Waals surface area contributed by atoms with E-state index in [2.05, 4.69) is 10.6 Å². The van der Waals surface area contributed by atoms with E-state index in [1.54, 1.807) is 0 Å². The van der Waals surface area contributed by atoms with Gasteiger partial charge in [0.05, 0.1) is 6.61 Å². The highest BCUT2D eigenvalue weighted by molar-refractivity contribution is 5.83. The van der Waals surface area contributed by atoms with Gasteiger partial charge in [0.25, 0.3) is 0 Å². The van der Waals surface area contributed by atoms with Crippen LogP contribution in [0, 0.1) is 29.1 Å². The Morgan fingerprint density at radius 3 is 2.04 bits per heavy atom. The van der Waals surface area contributed by atoms with E-state index >= 15 is 0 Å². The third kappa shape index (κ3) is 3.81. The maximum Gasteiger partial charge on any atom is 0.407 e. The highest BCUT2D eigenvalue weighted by atomic mass is 16.5. The minimum Gasteiger partial charge on any atom is -0.449 e. The lowest BCUT2D eigenvalue weighted by atomic mass is 9.49. The molecule has 4 fully saturated rings. The number of rotatable bonds is 6. The molecule has 2 N–H and O–H groups in total. The van der Waals surface area contributed by atoms with Gasteiger partial charge >= 0.3 is 6.09 Å². The topological polar surface area (TPSA) is 67.4 Å². The Morgan fingerprint density at radius 2 is 1.52 bits per heavy atom. The lowest BCUT2D eigenvalue weighted by Gasteiger charge is -2.55. The van der Waals surface area contributed by atoms with Crippen LogP contribution < -0.4 is 10.6 Å². The van der Waals surface area contributed by atoms with Crippen LogP contribution in [0.4, 0.5) is 4.79 Å². The van der Waals surface area contributed by atoms with Crippen molar-refractivity contribution < 1.29 is 14.3 Å². The van der Waals surface area contributed by atoms with Crippen LogP contribution in [0.5, 0.6) is 0 Å². The van der Waals surface area contributed by atoms with Crippen molar-refractivity contribution >= 4 is 12.0 Å². The Balaban J connectivity index is 1.39. The average Bonchev–Trinajstić information content (AvgIpc) is 2.48. The molecule has 0 aliphatic heterocycles. The zero-order valence-electron chi connectivity index (χ0n) is 14.4. The number of alkyl carbamates (subject to hydrolysis) is 1. The molecular formula is C18H30N2O3. The van der Waals surface area contributed by atoms with E-state index in [0.29, 0.717) is 25.6 Å². The first kappa shape index (κ1) is 16.6. The monoisotopic (exact) mass is 322 g/mol. The molecule has 4 aliphatic rings. The van der Waals surface area contributed by atoms with E-state index in [4.69, 9.17) is 4.74 Å². The second-order valence-electron chi connectivity index (χ2n) is 8.37. The largest absolute Gasteiger partial charge is 0.449 e. The zero-order chi connectivity index (χ0) is 16.4. The molecule has 0 saturated heterocycles. The Morgan fingerprint density at radius 1 is 1.00 bits per heavy atom. The Hall–Kier alpha value is -1.26. The molecule has 4 bridgehead atoms. The van der Waals surface area contributed by atoms with Gasteiger partial charge in [-0.3, -0.25) is 4.79 Å². The molecular weight excluding hydrogens is 292 g/mol. The Kier molecular flexibility index (Phi) is 4.83. The molecule has 130 valence electrons. The van der Waals surface area contributed by atoms with Crippen LogP contribution >= 0.6 is 0 Å². The molecule has 4 aliphatic carbocycles. The summed E-state index contributed by atoms with van der Waals surface area (Å²) in [6.45, 7) is 5.33. The second-order valence-corrected chi connectivity index (χ2v) is 8.37. The van der Waals surface area contributed by atoms with Crippen molar-refractivity contribution in [3.63, 3.8) is 0 Å². The first-order chi connectivity index (χ1) is 11.0. The van der Waals surface area contributed by atoms with Crippen LogP contribution in [0.1, 0.15) is 52.4 Å². The normalized spacial score (nSPS) is 34.5. The lowest BCUT2D eigenvalue weighted by molar-refractivity contribution is -0.146. The predicted octanol–water partition coefficient (Wildman–Crippen LogP) is 2.70. The molecule has 0 unspecified atom stereocenters. The molecule has 0 radical (unpaired) electrons. The van der Waals surface area contributed by atoms with Crippen LogP contribution in [-0.2, 0) is 9.53 Å². The minimum absolute atomic E-state index is 0.104. The van der Waals surface area contributed by atoms with Crippen molar-refractivity contribution in [1.29, 1.82) is 0 Å². The highest BCUT2D eigenvalue weighted by Crippen LogP contribution is 2.60. The molecule has 0 aromatic rings. The average molecular weight is 322 g/mol. The van der Waals surface area contributed by atoms with Crippen molar-refractivity contribution in [3.8, 4) is 0 Å². The third-order valence-corrected chi connectivity index (χ3v) is 5.75. The van der Waals surface area contributed by atoms with Crippen LogP contribution in [0.3, 0.4) is 0 Å². The van der Waals surface area contributed by atoms with Crippen LogP contribution in [0.25, 0.3) is 0 Å². The molecule has 2 amide bonds. The molecule has 0 atom stereocenters. The van der Waals surface area contributed by atoms with Gasteiger partial charge in [-0.25, -0.2) is 4.79 Å². The van der Waals surface area contributed by atoms with Gasteiger partial charge in [0, 0.05) is 18.5 Å². The number of hydrogen-bond acceptors (Lipinski definition) is 3. The molecule has 0 spiro atoms. The number of ether oxygens (including phenoxy) is 1. The van der Waals surface area contributed by atoms with Crippen molar-refractivity contribution in [2.45, 2.75) is 52.4 Å². The van der Waals surface area contributed by atoms with E-state index in [0.717, 1.165) is 37.0 Å². The Labute approximate surface area is 138 Å². The maximum absolute atomic E-state index is 12.7. The van der Waals surface area contributed by atoms with Crippen LogP contribution in [-0.4, -0.2) is 31.7 Å². The third-order valence-electron chi connectivity index (χ3n) is 5.75. The number of nitrogens with one attached hydrogen (secondary N) is 2. The van der Waals surface area contributed by atoms with Gasteiger partial charge in [-0.2, -0.15) is 0 Å². The molecule has 0 aromatic heterocycles. The van der Waals surface area contributed by atoms with E-state index in [1.165, 1.54) is 19.3 Å². The minimum atomic E-state index is -0.400. The first-order valence-electron chi connectivity index (χ1n) is 9.16. The summed E-state index contributed by atoms with van der Waals surface area (Å²) in [4.78, 5) is 24.2. The Bertz CT molecular complexity index is 426. The van der Waals surface area contributed by atoms with Crippen molar-refractivity contribution in [1.82, 2.24) is 10.6 Å². The molecule has 5 heteroatoms. The van der Waals surface area contributed by atoms with Gasteiger partial charge in [-0.15, -0.1) is 0 Å². The predicted molar refractivity (Wildman–Crippen MR) is 87.8 cm³/mol. The molecule has 5 nitrogen and oxygen atoms in total. The standard InChI is InChI=1S/C18H30N2O3/c1-12(2)11-23-17(22)20-4-3-19-16(21)18-8-13-5-14(9-18)7-15(6-13)10-18/h12-15H,3-11H2,1-2H3,(H,19,21)(H,20,22). The van der Waals surface area contributed by atoms with Gasteiger partial charge < -0.3 is 15.4 Å². The van der Waals surface area contributed by atoms with Gasteiger partial charge in [0.1, 0.15) is 0 Å². The van der Waals surface area contributed by atoms with Gasteiger partial charge in [-0.1, -0.05) is 13.8 Å².